The molecule has 5 heteroatoms. The topological polar surface area (TPSA) is 60.4 Å². The molecule has 0 aliphatic heterocycles. The summed E-state index contributed by atoms with van der Waals surface area (Å²) in [6.45, 7) is 8.86. The molecule has 0 amide bonds. The number of hydrogen-bond acceptors (Lipinski definition) is 4. The molecule has 0 aliphatic rings. The Labute approximate surface area is 183 Å². The van der Waals surface area contributed by atoms with E-state index in [0.29, 0.717) is 32.9 Å². The van der Waals surface area contributed by atoms with Gasteiger partial charge in [-0.3, -0.25) is 4.79 Å². The van der Waals surface area contributed by atoms with E-state index in [4.69, 9.17) is 4.74 Å². The van der Waals surface area contributed by atoms with Gasteiger partial charge in [0.15, 0.2) is 0 Å². The fourth-order valence-corrected chi connectivity index (χ4v) is 6.18. The molecular weight excluding hydrogens is 407 g/mol. The van der Waals surface area contributed by atoms with Gasteiger partial charge >= 0.3 is 5.97 Å². The largest absolute Gasteiger partial charge is 0.457 e. The molecule has 0 aromatic heterocycles. The molecule has 158 valence electrons. The molecule has 3 aromatic rings. The summed E-state index contributed by atoms with van der Waals surface area (Å²) >= 11 is 0. The molecule has 0 heterocycles. The van der Waals surface area contributed by atoms with E-state index in [2.05, 4.69) is 6.58 Å². The zero-order chi connectivity index (χ0) is 22.6. The molecular formula is C26H25O4P. The summed E-state index contributed by atoms with van der Waals surface area (Å²) in [4.78, 5) is 25.5. The Morgan fingerprint density at radius 1 is 0.871 bits per heavy atom. The van der Waals surface area contributed by atoms with Crippen LogP contribution in [0.3, 0.4) is 0 Å². The van der Waals surface area contributed by atoms with E-state index in [-0.39, 0.29) is 6.61 Å². The van der Waals surface area contributed by atoms with E-state index in [1.165, 1.54) is 0 Å². The van der Waals surface area contributed by atoms with Crippen LogP contribution < -0.4 is 10.6 Å². The molecule has 0 radical (unpaired) electrons. The molecule has 0 atom stereocenters. The summed E-state index contributed by atoms with van der Waals surface area (Å²) in [6.07, 6.45) is 0. The minimum atomic E-state index is -3.59. The molecule has 31 heavy (non-hydrogen) atoms. The van der Waals surface area contributed by atoms with E-state index in [9.17, 15) is 14.2 Å². The van der Waals surface area contributed by atoms with Gasteiger partial charge in [-0.2, -0.15) is 0 Å². The van der Waals surface area contributed by atoms with Crippen molar-refractivity contribution in [3.8, 4) is 0 Å². The highest BCUT2D eigenvalue weighted by Gasteiger charge is 2.37. The smallest absolute Gasteiger partial charge is 0.333 e. The zero-order valence-corrected chi connectivity index (χ0v) is 18.8. The SMILES string of the molecule is C=C(C)C(=O)OCc1cc(C)c(C(=O)P(=O)(c2ccccc2)c2ccccc2)c(C)c1. The van der Waals surface area contributed by atoms with E-state index in [1.54, 1.807) is 67.6 Å². The van der Waals surface area contributed by atoms with Gasteiger partial charge in [0.1, 0.15) is 6.61 Å². The zero-order valence-electron chi connectivity index (χ0n) is 17.9. The van der Waals surface area contributed by atoms with Crippen LogP contribution in [0.5, 0.6) is 0 Å². The maximum atomic E-state index is 14.4. The van der Waals surface area contributed by atoms with Crippen molar-refractivity contribution in [1.29, 1.82) is 0 Å². The predicted molar refractivity (Wildman–Crippen MR) is 125 cm³/mol. The van der Waals surface area contributed by atoms with Crippen molar-refractivity contribution in [2.45, 2.75) is 27.4 Å². The summed E-state index contributed by atoms with van der Waals surface area (Å²) < 4.78 is 19.6. The third kappa shape index (κ3) is 4.60. The third-order valence-electron chi connectivity index (χ3n) is 5.05. The lowest BCUT2D eigenvalue weighted by Gasteiger charge is -2.21. The van der Waals surface area contributed by atoms with Crippen LogP contribution in [0, 0.1) is 13.8 Å². The van der Waals surface area contributed by atoms with Gasteiger partial charge in [-0.15, -0.1) is 0 Å². The summed E-state index contributed by atoms with van der Waals surface area (Å²) in [5, 5.41) is 1.01. The Bertz CT molecular complexity index is 1110. The highest BCUT2D eigenvalue weighted by Crippen LogP contribution is 2.47. The number of benzene rings is 3. The lowest BCUT2D eigenvalue weighted by molar-refractivity contribution is -0.140. The normalized spacial score (nSPS) is 11.1. The average Bonchev–Trinajstić information content (AvgIpc) is 2.77. The summed E-state index contributed by atoms with van der Waals surface area (Å²) in [5.41, 5.74) is 2.51. The number of aryl methyl sites for hydroxylation is 2. The predicted octanol–water partition coefficient (Wildman–Crippen LogP) is 5.08. The van der Waals surface area contributed by atoms with Crippen molar-refractivity contribution in [3.63, 3.8) is 0 Å². The third-order valence-corrected chi connectivity index (χ3v) is 7.90. The quantitative estimate of drug-likeness (QED) is 0.297. The first-order chi connectivity index (χ1) is 14.7. The molecule has 0 saturated carbocycles. The van der Waals surface area contributed by atoms with Gasteiger partial charge in [-0.1, -0.05) is 79.4 Å². The van der Waals surface area contributed by atoms with Crippen LogP contribution in [0.25, 0.3) is 0 Å². The van der Waals surface area contributed by atoms with Crippen LogP contribution in [0.2, 0.25) is 0 Å². The second-order valence-corrected chi connectivity index (χ2v) is 10.2. The van der Waals surface area contributed by atoms with Crippen molar-refractivity contribution >= 4 is 29.2 Å². The standard InChI is InChI=1S/C26H25O4P/c1-18(2)25(27)30-17-21-15-19(3)24(20(4)16-21)26(28)31(29,22-11-7-5-8-12-22)23-13-9-6-10-14-23/h5-16H,1,17H2,2-4H3. The minimum Gasteiger partial charge on any atom is -0.457 e. The van der Waals surface area contributed by atoms with Crippen molar-refractivity contribution in [3.05, 3.63) is 107 Å². The minimum absolute atomic E-state index is 0.0802. The Balaban J connectivity index is 2.06. The molecule has 0 saturated heterocycles. The maximum Gasteiger partial charge on any atom is 0.333 e. The van der Waals surface area contributed by atoms with Crippen LogP contribution in [0.4, 0.5) is 0 Å². The number of carbonyl (C=O) groups is 2. The first-order valence-corrected chi connectivity index (χ1v) is 11.6. The molecule has 0 unspecified atom stereocenters. The number of ether oxygens (including phenoxy) is 1. The van der Waals surface area contributed by atoms with E-state index in [1.807, 2.05) is 26.0 Å². The molecule has 4 nitrogen and oxygen atoms in total. The van der Waals surface area contributed by atoms with Crippen LogP contribution in [0.15, 0.2) is 84.9 Å². The van der Waals surface area contributed by atoms with Gasteiger partial charge in [0.2, 0.25) is 12.7 Å². The van der Waals surface area contributed by atoms with Crippen LogP contribution >= 0.6 is 7.14 Å². The van der Waals surface area contributed by atoms with Gasteiger partial charge in [-0.25, -0.2) is 4.79 Å². The van der Waals surface area contributed by atoms with E-state index in [0.717, 1.165) is 5.56 Å². The second-order valence-electron chi connectivity index (χ2n) is 7.55. The van der Waals surface area contributed by atoms with E-state index < -0.39 is 18.6 Å². The van der Waals surface area contributed by atoms with Gasteiger partial charge < -0.3 is 9.30 Å². The molecule has 0 aliphatic carbocycles. The van der Waals surface area contributed by atoms with Gasteiger partial charge in [0.25, 0.3) is 0 Å². The van der Waals surface area contributed by atoms with Crippen LogP contribution in [-0.4, -0.2) is 11.5 Å². The monoisotopic (exact) mass is 432 g/mol. The summed E-state index contributed by atoms with van der Waals surface area (Å²) in [6, 6.07) is 21.4. The molecule has 0 fully saturated rings. The first-order valence-electron chi connectivity index (χ1n) is 9.94. The lowest BCUT2D eigenvalue weighted by Crippen LogP contribution is -2.23. The average molecular weight is 432 g/mol. The van der Waals surface area contributed by atoms with Crippen molar-refractivity contribution in [1.82, 2.24) is 0 Å². The number of esters is 1. The maximum absolute atomic E-state index is 14.4. The fourth-order valence-electron chi connectivity index (χ4n) is 3.56. The first kappa shape index (κ1) is 22.5. The lowest BCUT2D eigenvalue weighted by atomic mass is 10.0. The summed E-state index contributed by atoms with van der Waals surface area (Å²) in [5.74, 6) is -0.465. The second kappa shape index (κ2) is 9.28. The molecule has 3 rings (SSSR count). The van der Waals surface area contributed by atoms with Gasteiger partial charge in [-0.05, 0) is 37.5 Å². The van der Waals surface area contributed by atoms with E-state index >= 15 is 0 Å². The van der Waals surface area contributed by atoms with Crippen molar-refractivity contribution < 1.29 is 18.9 Å². The van der Waals surface area contributed by atoms with Gasteiger partial charge in [0, 0.05) is 21.7 Å². The fraction of sp³-hybridized carbons (Fsp3) is 0.154. The summed E-state index contributed by atoms with van der Waals surface area (Å²) in [7, 11) is -3.59. The Morgan fingerprint density at radius 3 is 1.74 bits per heavy atom. The number of carbonyl (C=O) groups excluding carboxylic acids is 2. The van der Waals surface area contributed by atoms with Crippen molar-refractivity contribution in [2.75, 3.05) is 0 Å². The number of rotatable bonds is 7. The van der Waals surface area contributed by atoms with Gasteiger partial charge in [0.05, 0.1) is 0 Å². The Hall–Kier alpha value is -3.23. The molecule has 3 aromatic carbocycles. The Kier molecular flexibility index (Phi) is 6.72. The van der Waals surface area contributed by atoms with Crippen LogP contribution in [-0.2, 0) is 20.7 Å². The molecule has 0 N–H and O–H groups in total. The highest BCUT2D eigenvalue weighted by molar-refractivity contribution is 7.93. The molecule has 0 bridgehead atoms. The van der Waals surface area contributed by atoms with Crippen molar-refractivity contribution in [2.24, 2.45) is 0 Å². The number of hydrogen-bond donors (Lipinski definition) is 0. The Morgan fingerprint density at radius 2 is 1.32 bits per heavy atom. The van der Waals surface area contributed by atoms with Crippen LogP contribution in [0.1, 0.15) is 34.0 Å². The highest BCUT2D eigenvalue weighted by atomic mass is 31.2. The molecule has 0 spiro atoms.